The van der Waals surface area contributed by atoms with E-state index in [-0.39, 0.29) is 23.5 Å². The van der Waals surface area contributed by atoms with Crippen molar-refractivity contribution in [2.45, 2.75) is 38.5 Å². The summed E-state index contributed by atoms with van der Waals surface area (Å²) in [4.78, 5) is 16.8. The van der Waals surface area contributed by atoms with Gasteiger partial charge in [-0.25, -0.2) is 4.98 Å². The maximum Gasteiger partial charge on any atom is 0.223 e. The van der Waals surface area contributed by atoms with Crippen LogP contribution in [-0.2, 0) is 11.2 Å². The van der Waals surface area contributed by atoms with Gasteiger partial charge in [0.05, 0.1) is 10.7 Å². The Kier molecular flexibility index (Phi) is 4.66. The van der Waals surface area contributed by atoms with Crippen LogP contribution in [0.15, 0.2) is 29.6 Å². The highest BCUT2D eigenvalue weighted by Crippen LogP contribution is 2.48. The van der Waals surface area contributed by atoms with Gasteiger partial charge in [-0.1, -0.05) is 26.0 Å². The van der Waals surface area contributed by atoms with E-state index in [1.54, 1.807) is 23.5 Å². The van der Waals surface area contributed by atoms with E-state index in [1.807, 2.05) is 12.1 Å². The summed E-state index contributed by atoms with van der Waals surface area (Å²) < 4.78 is 0. The number of hydrogen-bond donors (Lipinski definition) is 2. The number of thiazole rings is 1. The zero-order chi connectivity index (χ0) is 16.4. The molecule has 2 atom stereocenters. The van der Waals surface area contributed by atoms with E-state index in [0.29, 0.717) is 12.5 Å². The van der Waals surface area contributed by atoms with Gasteiger partial charge in [0.1, 0.15) is 5.75 Å². The molecule has 2 aromatic rings. The van der Waals surface area contributed by atoms with Crippen molar-refractivity contribution >= 4 is 17.2 Å². The van der Waals surface area contributed by atoms with Crippen molar-refractivity contribution in [3.63, 3.8) is 0 Å². The fraction of sp³-hybridized carbons (Fsp3) is 0.444. The number of aromatic nitrogens is 1. The fourth-order valence-electron chi connectivity index (χ4n) is 2.76. The number of nitrogens with one attached hydrogen (secondary N) is 1. The number of rotatable bonds is 6. The molecule has 1 aromatic heterocycles. The van der Waals surface area contributed by atoms with Crippen molar-refractivity contribution < 1.29 is 9.90 Å². The number of aromatic hydroxyl groups is 1. The molecule has 0 unspecified atom stereocenters. The lowest BCUT2D eigenvalue weighted by Gasteiger charge is -2.04. The molecule has 0 radical (unpaired) electrons. The summed E-state index contributed by atoms with van der Waals surface area (Å²) in [5.74, 6) is 1.11. The second-order valence-corrected chi connectivity index (χ2v) is 7.31. The van der Waals surface area contributed by atoms with Crippen LogP contribution in [0.1, 0.15) is 48.4 Å². The van der Waals surface area contributed by atoms with Crippen LogP contribution in [-0.4, -0.2) is 22.5 Å². The smallest absolute Gasteiger partial charge is 0.223 e. The summed E-state index contributed by atoms with van der Waals surface area (Å²) in [7, 11) is 0. The average Bonchev–Trinajstić information content (AvgIpc) is 3.18. The van der Waals surface area contributed by atoms with E-state index in [2.05, 4.69) is 29.5 Å². The van der Waals surface area contributed by atoms with Gasteiger partial charge in [-0.05, 0) is 30.0 Å². The van der Waals surface area contributed by atoms with Crippen molar-refractivity contribution in [2.75, 3.05) is 6.54 Å². The van der Waals surface area contributed by atoms with Crippen molar-refractivity contribution in [3.8, 4) is 5.75 Å². The van der Waals surface area contributed by atoms with Crippen LogP contribution in [0.5, 0.6) is 5.75 Å². The van der Waals surface area contributed by atoms with Crippen molar-refractivity contribution in [1.82, 2.24) is 10.3 Å². The van der Waals surface area contributed by atoms with Crippen LogP contribution in [0.25, 0.3) is 0 Å². The molecule has 1 aromatic carbocycles. The highest BCUT2D eigenvalue weighted by molar-refractivity contribution is 7.09. The predicted octanol–water partition coefficient (Wildman–Crippen LogP) is 3.43. The normalized spacial score (nSPS) is 19.8. The first-order valence-corrected chi connectivity index (χ1v) is 8.93. The Morgan fingerprint density at radius 3 is 3.00 bits per heavy atom. The second-order valence-electron chi connectivity index (χ2n) is 6.42. The Morgan fingerprint density at radius 1 is 1.48 bits per heavy atom. The summed E-state index contributed by atoms with van der Waals surface area (Å²) >= 11 is 1.69. The quantitative estimate of drug-likeness (QED) is 0.853. The molecule has 0 aliphatic heterocycles. The molecule has 0 spiro atoms. The first kappa shape index (κ1) is 16.0. The van der Waals surface area contributed by atoms with Gasteiger partial charge in [-0.3, -0.25) is 4.79 Å². The number of benzene rings is 1. The molecule has 122 valence electrons. The lowest BCUT2D eigenvalue weighted by Crippen LogP contribution is -2.27. The lowest BCUT2D eigenvalue weighted by atomic mass is 10.1. The third-order valence-electron chi connectivity index (χ3n) is 4.17. The topological polar surface area (TPSA) is 62.2 Å². The first-order chi connectivity index (χ1) is 11.0. The van der Waals surface area contributed by atoms with E-state index in [1.165, 1.54) is 0 Å². The van der Waals surface area contributed by atoms with Crippen LogP contribution >= 0.6 is 11.3 Å². The van der Waals surface area contributed by atoms with Gasteiger partial charge in [0.25, 0.3) is 0 Å². The van der Waals surface area contributed by atoms with Crippen LogP contribution < -0.4 is 5.32 Å². The van der Waals surface area contributed by atoms with Gasteiger partial charge in [0.2, 0.25) is 5.91 Å². The third kappa shape index (κ3) is 3.91. The summed E-state index contributed by atoms with van der Waals surface area (Å²) in [5, 5.41) is 15.8. The minimum atomic E-state index is 0.0402. The Balaban J connectivity index is 1.45. The molecule has 2 N–H and O–H groups in total. The van der Waals surface area contributed by atoms with Crippen molar-refractivity contribution in [2.24, 2.45) is 5.92 Å². The SMILES string of the molecule is CC(C)c1nc(CCNC(=O)[C@@H]2C[C@@H]2c2cccc(O)c2)cs1. The molecule has 1 amide bonds. The van der Waals surface area contributed by atoms with E-state index >= 15 is 0 Å². The van der Waals surface area contributed by atoms with Crippen LogP contribution in [0.2, 0.25) is 0 Å². The molecule has 0 saturated heterocycles. The molecule has 3 rings (SSSR count). The number of carbonyl (C=O) groups is 1. The number of hydrogen-bond acceptors (Lipinski definition) is 4. The third-order valence-corrected chi connectivity index (χ3v) is 5.36. The second kappa shape index (κ2) is 6.71. The van der Waals surface area contributed by atoms with E-state index in [9.17, 15) is 9.90 Å². The van der Waals surface area contributed by atoms with Crippen molar-refractivity contribution in [3.05, 3.63) is 45.9 Å². The minimum Gasteiger partial charge on any atom is -0.508 e. The van der Waals surface area contributed by atoms with Gasteiger partial charge >= 0.3 is 0 Å². The summed E-state index contributed by atoms with van der Waals surface area (Å²) in [6.45, 7) is 4.90. The van der Waals surface area contributed by atoms with Gasteiger partial charge in [0.15, 0.2) is 0 Å². The summed E-state index contributed by atoms with van der Waals surface area (Å²) in [6, 6.07) is 7.20. The number of phenols is 1. The highest BCUT2D eigenvalue weighted by atomic mass is 32.1. The molecular formula is C18H22N2O2S. The Labute approximate surface area is 140 Å². The van der Waals surface area contributed by atoms with Crippen LogP contribution in [0.3, 0.4) is 0 Å². The largest absolute Gasteiger partial charge is 0.508 e. The zero-order valence-electron chi connectivity index (χ0n) is 13.5. The Hall–Kier alpha value is -1.88. The van der Waals surface area contributed by atoms with Gasteiger partial charge < -0.3 is 10.4 Å². The van der Waals surface area contributed by atoms with E-state index in [4.69, 9.17) is 0 Å². The van der Waals surface area contributed by atoms with Crippen molar-refractivity contribution in [1.29, 1.82) is 0 Å². The number of carbonyl (C=O) groups excluding carboxylic acids is 1. The van der Waals surface area contributed by atoms with Crippen LogP contribution in [0, 0.1) is 5.92 Å². The summed E-state index contributed by atoms with van der Waals surface area (Å²) in [6.07, 6.45) is 1.64. The maximum atomic E-state index is 12.2. The molecule has 23 heavy (non-hydrogen) atoms. The number of amides is 1. The number of nitrogens with zero attached hydrogens (tertiary/aromatic N) is 1. The maximum absolute atomic E-state index is 12.2. The molecule has 1 fully saturated rings. The molecule has 0 bridgehead atoms. The van der Waals surface area contributed by atoms with Crippen LogP contribution in [0.4, 0.5) is 0 Å². The molecular weight excluding hydrogens is 308 g/mol. The highest BCUT2D eigenvalue weighted by Gasteiger charge is 2.43. The molecule has 1 heterocycles. The lowest BCUT2D eigenvalue weighted by molar-refractivity contribution is -0.122. The van der Waals surface area contributed by atoms with E-state index in [0.717, 1.165) is 29.1 Å². The standard InChI is InChI=1S/C18H22N2O2S/c1-11(2)18-20-13(10-23-18)6-7-19-17(22)16-9-15(16)12-4-3-5-14(21)8-12/h3-5,8,10-11,15-16,21H,6-7,9H2,1-2H3,(H,19,22)/t15-,16-/m1/s1. The first-order valence-electron chi connectivity index (χ1n) is 8.05. The summed E-state index contributed by atoms with van der Waals surface area (Å²) in [5.41, 5.74) is 2.10. The molecule has 1 aliphatic carbocycles. The Morgan fingerprint density at radius 2 is 2.30 bits per heavy atom. The van der Waals surface area contributed by atoms with Gasteiger partial charge in [0, 0.05) is 30.2 Å². The average molecular weight is 330 g/mol. The molecule has 4 nitrogen and oxygen atoms in total. The van der Waals surface area contributed by atoms with E-state index < -0.39 is 0 Å². The molecule has 1 aliphatic rings. The van der Waals surface area contributed by atoms with Gasteiger partial charge in [-0.2, -0.15) is 0 Å². The monoisotopic (exact) mass is 330 g/mol. The zero-order valence-corrected chi connectivity index (χ0v) is 14.3. The number of phenolic OH excluding ortho intramolecular Hbond substituents is 1. The minimum absolute atomic E-state index is 0.0402. The fourth-order valence-corrected chi connectivity index (χ4v) is 3.63. The Bertz CT molecular complexity index is 696. The molecule has 1 saturated carbocycles. The molecule has 5 heteroatoms. The van der Waals surface area contributed by atoms with Gasteiger partial charge in [-0.15, -0.1) is 11.3 Å². The predicted molar refractivity (Wildman–Crippen MR) is 91.9 cm³/mol.